The maximum atomic E-state index is 12.1. The van der Waals surface area contributed by atoms with Gasteiger partial charge in [-0.25, -0.2) is 4.79 Å². The standard InChI is InChI=1S/C14H17N3O2/c15-10-11-4-6-12(7-5-11)16-14(19)17(8-9-18)13-2-1-3-13/h4-7,13,18H,1-3,8-9H2,(H,16,19). The number of anilines is 1. The molecule has 1 aromatic rings. The summed E-state index contributed by atoms with van der Waals surface area (Å²) < 4.78 is 0. The largest absolute Gasteiger partial charge is 0.395 e. The van der Waals surface area contributed by atoms with Crippen molar-refractivity contribution in [2.24, 2.45) is 0 Å². The van der Waals surface area contributed by atoms with Crippen molar-refractivity contribution in [3.8, 4) is 6.07 Å². The number of hydrogen-bond donors (Lipinski definition) is 2. The summed E-state index contributed by atoms with van der Waals surface area (Å²) in [7, 11) is 0. The monoisotopic (exact) mass is 259 g/mol. The molecule has 1 aliphatic rings. The van der Waals surface area contributed by atoms with E-state index in [9.17, 15) is 4.79 Å². The highest BCUT2D eigenvalue weighted by Gasteiger charge is 2.28. The molecule has 2 amide bonds. The van der Waals surface area contributed by atoms with Crippen LogP contribution >= 0.6 is 0 Å². The van der Waals surface area contributed by atoms with Crippen molar-refractivity contribution < 1.29 is 9.90 Å². The molecule has 1 aromatic carbocycles. The summed E-state index contributed by atoms with van der Waals surface area (Å²) in [6.07, 6.45) is 3.14. The Balaban J connectivity index is 1.99. The molecule has 100 valence electrons. The van der Waals surface area contributed by atoms with Gasteiger partial charge in [-0.1, -0.05) is 0 Å². The second kappa shape index (κ2) is 6.21. The van der Waals surface area contributed by atoms with Crippen LogP contribution in [0.4, 0.5) is 10.5 Å². The third-order valence-electron chi connectivity index (χ3n) is 3.38. The van der Waals surface area contributed by atoms with Crippen LogP contribution in [0.25, 0.3) is 0 Å². The van der Waals surface area contributed by atoms with Gasteiger partial charge < -0.3 is 15.3 Å². The molecule has 0 atom stereocenters. The van der Waals surface area contributed by atoms with Crippen LogP contribution in [0.1, 0.15) is 24.8 Å². The predicted octanol–water partition coefficient (Wildman–Crippen LogP) is 1.94. The Kier molecular flexibility index (Phi) is 4.37. The van der Waals surface area contributed by atoms with Crippen LogP contribution in [0.5, 0.6) is 0 Å². The third kappa shape index (κ3) is 3.24. The second-order valence-corrected chi connectivity index (χ2v) is 4.62. The van der Waals surface area contributed by atoms with Gasteiger partial charge in [-0.3, -0.25) is 0 Å². The van der Waals surface area contributed by atoms with Crippen LogP contribution in [-0.4, -0.2) is 35.2 Å². The molecule has 0 saturated heterocycles. The normalized spacial score (nSPS) is 14.3. The van der Waals surface area contributed by atoms with Gasteiger partial charge >= 0.3 is 6.03 Å². The van der Waals surface area contributed by atoms with E-state index in [2.05, 4.69) is 5.32 Å². The molecule has 0 unspecified atom stereocenters. The number of nitriles is 1. The molecule has 0 heterocycles. The van der Waals surface area contributed by atoms with Crippen LogP contribution in [0.15, 0.2) is 24.3 Å². The number of benzene rings is 1. The molecular weight excluding hydrogens is 242 g/mol. The smallest absolute Gasteiger partial charge is 0.322 e. The second-order valence-electron chi connectivity index (χ2n) is 4.62. The molecule has 1 aliphatic carbocycles. The first kappa shape index (κ1) is 13.4. The van der Waals surface area contributed by atoms with E-state index >= 15 is 0 Å². The molecule has 2 N–H and O–H groups in total. The SMILES string of the molecule is N#Cc1ccc(NC(=O)N(CCO)C2CCC2)cc1. The number of nitrogens with zero attached hydrogens (tertiary/aromatic N) is 2. The van der Waals surface area contributed by atoms with E-state index < -0.39 is 0 Å². The first-order chi connectivity index (χ1) is 9.24. The molecule has 0 aliphatic heterocycles. The number of aliphatic hydroxyl groups excluding tert-OH is 1. The van der Waals surface area contributed by atoms with Gasteiger partial charge in [-0.05, 0) is 43.5 Å². The molecule has 0 spiro atoms. The van der Waals surface area contributed by atoms with Gasteiger partial charge in [0.2, 0.25) is 0 Å². The molecule has 0 bridgehead atoms. The summed E-state index contributed by atoms with van der Waals surface area (Å²) in [6, 6.07) is 8.81. The first-order valence-electron chi connectivity index (χ1n) is 6.43. The Morgan fingerprint density at radius 3 is 2.58 bits per heavy atom. The van der Waals surface area contributed by atoms with Crippen molar-refractivity contribution in [1.29, 1.82) is 5.26 Å². The number of urea groups is 1. The highest BCUT2D eigenvalue weighted by atomic mass is 16.3. The Hall–Kier alpha value is -2.06. The zero-order valence-corrected chi connectivity index (χ0v) is 10.7. The number of carbonyl (C=O) groups is 1. The van der Waals surface area contributed by atoms with Crippen molar-refractivity contribution in [1.82, 2.24) is 4.90 Å². The van der Waals surface area contributed by atoms with Crippen molar-refractivity contribution in [2.75, 3.05) is 18.5 Å². The Labute approximate surface area is 112 Å². The first-order valence-corrected chi connectivity index (χ1v) is 6.43. The van der Waals surface area contributed by atoms with Gasteiger partial charge in [0.25, 0.3) is 0 Å². The van der Waals surface area contributed by atoms with Crippen LogP contribution in [-0.2, 0) is 0 Å². The lowest BCUT2D eigenvalue weighted by molar-refractivity contribution is 0.127. The maximum Gasteiger partial charge on any atom is 0.322 e. The zero-order valence-electron chi connectivity index (χ0n) is 10.7. The Bertz CT molecular complexity index is 474. The van der Waals surface area contributed by atoms with Crippen molar-refractivity contribution in [3.63, 3.8) is 0 Å². The zero-order chi connectivity index (χ0) is 13.7. The average molecular weight is 259 g/mol. The van der Waals surface area contributed by atoms with Gasteiger partial charge in [0, 0.05) is 18.3 Å². The summed E-state index contributed by atoms with van der Waals surface area (Å²) >= 11 is 0. The van der Waals surface area contributed by atoms with Crippen molar-refractivity contribution in [2.45, 2.75) is 25.3 Å². The highest BCUT2D eigenvalue weighted by Crippen LogP contribution is 2.25. The minimum Gasteiger partial charge on any atom is -0.395 e. The fourth-order valence-corrected chi connectivity index (χ4v) is 2.08. The minimum atomic E-state index is -0.191. The number of rotatable bonds is 4. The summed E-state index contributed by atoms with van der Waals surface area (Å²) in [4.78, 5) is 13.8. The lowest BCUT2D eigenvalue weighted by Crippen LogP contribution is -2.47. The molecule has 0 aromatic heterocycles. The quantitative estimate of drug-likeness (QED) is 0.867. The van der Waals surface area contributed by atoms with E-state index in [1.807, 2.05) is 6.07 Å². The van der Waals surface area contributed by atoms with E-state index in [1.165, 1.54) is 0 Å². The van der Waals surface area contributed by atoms with Crippen molar-refractivity contribution in [3.05, 3.63) is 29.8 Å². The van der Waals surface area contributed by atoms with Gasteiger partial charge in [-0.15, -0.1) is 0 Å². The lowest BCUT2D eigenvalue weighted by atomic mass is 9.92. The average Bonchev–Trinajstić information content (AvgIpc) is 2.37. The molecule has 5 nitrogen and oxygen atoms in total. The Morgan fingerprint density at radius 2 is 2.11 bits per heavy atom. The molecule has 2 rings (SSSR count). The molecule has 0 radical (unpaired) electrons. The van der Waals surface area contributed by atoms with Gasteiger partial charge in [0.1, 0.15) is 0 Å². The van der Waals surface area contributed by atoms with E-state index in [-0.39, 0.29) is 18.7 Å². The lowest BCUT2D eigenvalue weighted by Gasteiger charge is -2.37. The topological polar surface area (TPSA) is 76.4 Å². The van der Waals surface area contributed by atoms with E-state index in [0.29, 0.717) is 17.8 Å². The van der Waals surface area contributed by atoms with Crippen LogP contribution in [0, 0.1) is 11.3 Å². The fourth-order valence-electron chi connectivity index (χ4n) is 2.08. The summed E-state index contributed by atoms with van der Waals surface area (Å²) in [5.74, 6) is 0. The number of aliphatic hydroxyl groups is 1. The summed E-state index contributed by atoms with van der Waals surface area (Å²) in [6.45, 7) is 0.323. The molecule has 1 fully saturated rings. The van der Waals surface area contributed by atoms with Gasteiger partial charge in [0.05, 0.1) is 18.2 Å². The number of nitrogens with one attached hydrogen (secondary N) is 1. The molecule has 1 saturated carbocycles. The maximum absolute atomic E-state index is 12.1. The van der Waals surface area contributed by atoms with Gasteiger partial charge in [-0.2, -0.15) is 5.26 Å². The number of amides is 2. The Morgan fingerprint density at radius 1 is 1.42 bits per heavy atom. The third-order valence-corrected chi connectivity index (χ3v) is 3.38. The fraction of sp³-hybridized carbons (Fsp3) is 0.429. The minimum absolute atomic E-state index is 0.0305. The van der Waals surface area contributed by atoms with Crippen LogP contribution in [0.2, 0.25) is 0 Å². The van der Waals surface area contributed by atoms with E-state index in [1.54, 1.807) is 29.2 Å². The van der Waals surface area contributed by atoms with Crippen LogP contribution < -0.4 is 5.32 Å². The molecule has 19 heavy (non-hydrogen) atoms. The van der Waals surface area contributed by atoms with Gasteiger partial charge in [0.15, 0.2) is 0 Å². The molecule has 5 heteroatoms. The van der Waals surface area contributed by atoms with E-state index in [0.717, 1.165) is 19.3 Å². The number of carbonyl (C=O) groups excluding carboxylic acids is 1. The van der Waals surface area contributed by atoms with Crippen LogP contribution in [0.3, 0.4) is 0 Å². The van der Waals surface area contributed by atoms with Crippen molar-refractivity contribution >= 4 is 11.7 Å². The number of hydrogen-bond acceptors (Lipinski definition) is 3. The van der Waals surface area contributed by atoms with E-state index in [4.69, 9.17) is 10.4 Å². The summed E-state index contributed by atoms with van der Waals surface area (Å²) in [5, 5.41) is 20.5. The predicted molar refractivity (Wildman–Crippen MR) is 71.6 cm³/mol. The highest BCUT2D eigenvalue weighted by molar-refractivity contribution is 5.89. The summed E-state index contributed by atoms with van der Waals surface area (Å²) in [5.41, 5.74) is 1.22. The molecular formula is C14H17N3O2.